The van der Waals surface area contributed by atoms with Crippen molar-refractivity contribution in [2.75, 3.05) is 0 Å². The lowest BCUT2D eigenvalue weighted by Gasteiger charge is -2.16. The van der Waals surface area contributed by atoms with Crippen LogP contribution < -0.4 is 4.74 Å². The van der Waals surface area contributed by atoms with Gasteiger partial charge in [0.1, 0.15) is 29.2 Å². The lowest BCUT2D eigenvalue weighted by Crippen LogP contribution is -2.17. The summed E-state index contributed by atoms with van der Waals surface area (Å²) in [7, 11) is -5.04. The maximum absolute atomic E-state index is 13.3. The van der Waals surface area contributed by atoms with Crippen molar-refractivity contribution in [2.45, 2.75) is 29.3 Å². The van der Waals surface area contributed by atoms with Gasteiger partial charge in [0.05, 0.1) is 11.0 Å². The zero-order valence-corrected chi connectivity index (χ0v) is 13.7. The third kappa shape index (κ3) is 3.15. The van der Waals surface area contributed by atoms with Crippen molar-refractivity contribution in [3.05, 3.63) is 53.1 Å². The maximum atomic E-state index is 13.3. The number of aliphatic hydroxyl groups is 2. The second kappa shape index (κ2) is 6.53. The van der Waals surface area contributed by atoms with Gasteiger partial charge in [0.15, 0.2) is 0 Å². The van der Waals surface area contributed by atoms with E-state index in [4.69, 9.17) is 4.74 Å². The van der Waals surface area contributed by atoms with Gasteiger partial charge in [-0.15, -0.1) is 0 Å². The van der Waals surface area contributed by atoms with E-state index in [0.717, 1.165) is 24.3 Å². The Morgan fingerprint density at radius 2 is 1.69 bits per heavy atom. The van der Waals surface area contributed by atoms with E-state index in [2.05, 4.69) is 0 Å². The fourth-order valence-electron chi connectivity index (χ4n) is 2.83. The molecule has 0 unspecified atom stereocenters. The highest BCUT2D eigenvalue weighted by Crippen LogP contribution is 2.43. The van der Waals surface area contributed by atoms with Gasteiger partial charge in [-0.1, -0.05) is 0 Å². The molecule has 2 N–H and O–H groups in total. The highest BCUT2D eigenvalue weighted by atomic mass is 32.2. The first-order chi connectivity index (χ1) is 12.1. The van der Waals surface area contributed by atoms with E-state index in [1.807, 2.05) is 0 Å². The summed E-state index contributed by atoms with van der Waals surface area (Å²) in [6, 6.07) is 4.17. The Labute approximate surface area is 145 Å². The van der Waals surface area contributed by atoms with E-state index in [1.54, 1.807) is 0 Å². The average Bonchev–Trinajstić information content (AvgIpc) is 2.82. The molecule has 1 aliphatic carbocycles. The predicted octanol–water partition coefficient (Wildman–Crippen LogP) is 2.70. The SMILES string of the molecule is O=S(=O)(c1ccc(Oc2cc(F)cc(F)c2)c2c1[C@H](O)[C@H](O)C2)C(F)F. The van der Waals surface area contributed by atoms with Crippen LogP contribution in [-0.4, -0.2) is 30.5 Å². The van der Waals surface area contributed by atoms with Crippen LogP contribution in [-0.2, 0) is 16.3 Å². The number of halogens is 4. The molecule has 10 heteroatoms. The summed E-state index contributed by atoms with van der Waals surface area (Å²) >= 11 is 0. The molecule has 140 valence electrons. The number of benzene rings is 2. The molecule has 2 aromatic rings. The number of sulfone groups is 1. The summed E-state index contributed by atoms with van der Waals surface area (Å²) in [6.07, 6.45) is -3.44. The summed E-state index contributed by atoms with van der Waals surface area (Å²) in [6.45, 7) is 0. The number of hydrogen-bond donors (Lipinski definition) is 2. The molecular formula is C16H12F4O5S. The Kier molecular flexibility index (Phi) is 4.67. The van der Waals surface area contributed by atoms with Gasteiger partial charge in [-0.05, 0) is 12.1 Å². The fraction of sp³-hybridized carbons (Fsp3) is 0.250. The van der Waals surface area contributed by atoms with Crippen LogP contribution in [0, 0.1) is 11.6 Å². The number of fused-ring (bicyclic) bond motifs is 1. The van der Waals surface area contributed by atoms with Crippen LogP contribution in [0.3, 0.4) is 0 Å². The van der Waals surface area contributed by atoms with Gasteiger partial charge in [-0.2, -0.15) is 8.78 Å². The molecule has 0 saturated carbocycles. The minimum absolute atomic E-state index is 0.0311. The van der Waals surface area contributed by atoms with Crippen molar-refractivity contribution < 1.29 is 40.9 Å². The first-order valence-electron chi connectivity index (χ1n) is 7.29. The van der Waals surface area contributed by atoms with E-state index in [0.29, 0.717) is 6.07 Å². The lowest BCUT2D eigenvalue weighted by atomic mass is 10.1. The van der Waals surface area contributed by atoms with Crippen molar-refractivity contribution in [2.24, 2.45) is 0 Å². The molecule has 5 nitrogen and oxygen atoms in total. The number of hydrogen-bond acceptors (Lipinski definition) is 5. The second-order valence-electron chi connectivity index (χ2n) is 5.68. The number of ether oxygens (including phenoxy) is 1. The molecule has 0 amide bonds. The molecule has 2 atom stereocenters. The van der Waals surface area contributed by atoms with E-state index in [1.165, 1.54) is 0 Å². The first kappa shape index (κ1) is 18.6. The van der Waals surface area contributed by atoms with Gasteiger partial charge < -0.3 is 14.9 Å². The van der Waals surface area contributed by atoms with Crippen LogP contribution in [0.2, 0.25) is 0 Å². The van der Waals surface area contributed by atoms with Crippen LogP contribution >= 0.6 is 0 Å². The highest BCUT2D eigenvalue weighted by molar-refractivity contribution is 7.91. The summed E-state index contributed by atoms with van der Waals surface area (Å²) in [4.78, 5) is -0.829. The fourth-order valence-corrected chi connectivity index (χ4v) is 3.83. The molecule has 0 bridgehead atoms. The van der Waals surface area contributed by atoms with Crippen LogP contribution in [0.25, 0.3) is 0 Å². The predicted molar refractivity (Wildman–Crippen MR) is 80.7 cm³/mol. The molecular weight excluding hydrogens is 380 g/mol. The maximum Gasteiger partial charge on any atom is 0.341 e. The number of rotatable bonds is 4. The average molecular weight is 392 g/mol. The van der Waals surface area contributed by atoms with Crippen molar-refractivity contribution in [1.82, 2.24) is 0 Å². The molecule has 0 aliphatic heterocycles. The topological polar surface area (TPSA) is 83.8 Å². The van der Waals surface area contributed by atoms with Crippen molar-refractivity contribution in [3.8, 4) is 11.5 Å². The Hall–Kier alpha value is -2.17. The Morgan fingerprint density at radius 1 is 1.08 bits per heavy atom. The summed E-state index contributed by atoms with van der Waals surface area (Å²) in [5, 5.41) is 19.8. The van der Waals surface area contributed by atoms with E-state index >= 15 is 0 Å². The zero-order valence-electron chi connectivity index (χ0n) is 12.9. The van der Waals surface area contributed by atoms with Crippen LogP contribution in [0.1, 0.15) is 17.2 Å². The van der Waals surface area contributed by atoms with Crippen LogP contribution in [0.15, 0.2) is 35.2 Å². The van der Waals surface area contributed by atoms with E-state index in [-0.39, 0.29) is 23.5 Å². The highest BCUT2D eigenvalue weighted by Gasteiger charge is 2.40. The monoisotopic (exact) mass is 392 g/mol. The molecule has 0 aromatic heterocycles. The summed E-state index contributed by atoms with van der Waals surface area (Å²) in [5.74, 6) is -5.94. The van der Waals surface area contributed by atoms with Gasteiger partial charge in [-0.3, -0.25) is 0 Å². The van der Waals surface area contributed by atoms with Gasteiger partial charge in [0.2, 0.25) is 9.84 Å². The molecule has 0 spiro atoms. The first-order valence-corrected chi connectivity index (χ1v) is 8.84. The van der Waals surface area contributed by atoms with Crippen molar-refractivity contribution in [3.63, 3.8) is 0 Å². The normalized spacial score (nSPS) is 19.7. The van der Waals surface area contributed by atoms with E-state index < -0.39 is 49.9 Å². The third-order valence-electron chi connectivity index (χ3n) is 3.95. The molecule has 0 fully saturated rings. The summed E-state index contributed by atoms with van der Waals surface area (Å²) < 4.78 is 81.3. The molecule has 2 aromatic carbocycles. The molecule has 3 rings (SSSR count). The third-order valence-corrected chi connectivity index (χ3v) is 5.39. The minimum Gasteiger partial charge on any atom is -0.457 e. The van der Waals surface area contributed by atoms with Gasteiger partial charge in [0, 0.05) is 35.7 Å². The molecule has 26 heavy (non-hydrogen) atoms. The molecule has 0 radical (unpaired) electrons. The Balaban J connectivity index is 2.13. The number of aliphatic hydroxyl groups excluding tert-OH is 2. The second-order valence-corrected chi connectivity index (χ2v) is 7.57. The quantitative estimate of drug-likeness (QED) is 0.782. The molecule has 1 aliphatic rings. The van der Waals surface area contributed by atoms with Crippen molar-refractivity contribution >= 4 is 9.84 Å². The van der Waals surface area contributed by atoms with Crippen molar-refractivity contribution in [1.29, 1.82) is 0 Å². The molecule has 0 heterocycles. The standard InChI is InChI=1S/C16H12F4O5S/c17-7-3-8(18)5-9(4-7)25-12-1-2-13(26(23,24)16(19)20)14-10(12)6-11(21)15(14)22/h1-5,11,15-16,21-22H,6H2/t11-,15-/m1/s1. The Bertz CT molecular complexity index is 941. The van der Waals surface area contributed by atoms with Gasteiger partial charge >= 0.3 is 5.76 Å². The largest absolute Gasteiger partial charge is 0.457 e. The number of alkyl halides is 2. The van der Waals surface area contributed by atoms with Crippen LogP contribution in [0.5, 0.6) is 11.5 Å². The molecule has 0 saturated heterocycles. The smallest absolute Gasteiger partial charge is 0.341 e. The lowest BCUT2D eigenvalue weighted by molar-refractivity contribution is 0.0312. The van der Waals surface area contributed by atoms with Crippen LogP contribution in [0.4, 0.5) is 17.6 Å². The van der Waals surface area contributed by atoms with Gasteiger partial charge in [-0.25, -0.2) is 17.2 Å². The Morgan fingerprint density at radius 3 is 2.27 bits per heavy atom. The summed E-state index contributed by atoms with van der Waals surface area (Å²) in [5.41, 5.74) is -0.441. The van der Waals surface area contributed by atoms with E-state index in [9.17, 15) is 36.2 Å². The zero-order chi connectivity index (χ0) is 19.2. The van der Waals surface area contributed by atoms with Gasteiger partial charge in [0.25, 0.3) is 0 Å². The minimum atomic E-state index is -5.04.